The van der Waals surface area contributed by atoms with Crippen LogP contribution in [0.4, 0.5) is 4.39 Å². The molecule has 0 bridgehead atoms. The molecular weight excluding hydrogens is 345 g/mol. The van der Waals surface area contributed by atoms with Gasteiger partial charge in [0.15, 0.2) is 0 Å². The second kappa shape index (κ2) is 9.02. The number of carbonyl (C=O) groups excluding carboxylic acids is 1. The monoisotopic (exact) mass is 373 g/mol. The minimum atomic E-state index is -0.269. The maximum absolute atomic E-state index is 13.0. The first-order valence-corrected chi connectivity index (χ1v) is 9.74. The zero-order chi connectivity index (χ0) is 19.2. The fourth-order valence-electron chi connectivity index (χ4n) is 3.65. The molecule has 1 fully saturated rings. The van der Waals surface area contributed by atoms with E-state index in [1.54, 1.807) is 18.3 Å². The van der Waals surface area contributed by atoms with E-state index in [0.29, 0.717) is 24.8 Å². The molecule has 2 heterocycles. The van der Waals surface area contributed by atoms with Crippen molar-refractivity contribution in [2.75, 3.05) is 19.7 Å². The summed E-state index contributed by atoms with van der Waals surface area (Å²) in [5, 5.41) is 0. The van der Waals surface area contributed by atoms with Gasteiger partial charge < -0.3 is 14.2 Å². The number of hydrogen-bond acceptors (Lipinski definition) is 3. The molecule has 0 aliphatic carbocycles. The molecule has 5 nitrogen and oxygen atoms in total. The zero-order valence-corrected chi connectivity index (χ0v) is 16.1. The average Bonchev–Trinajstić information content (AvgIpc) is 3.14. The summed E-state index contributed by atoms with van der Waals surface area (Å²) in [5.74, 6) is 1.83. The number of amides is 1. The Morgan fingerprint density at radius 3 is 2.89 bits per heavy atom. The highest BCUT2D eigenvalue weighted by molar-refractivity contribution is 5.78. The highest BCUT2D eigenvalue weighted by atomic mass is 19.1. The van der Waals surface area contributed by atoms with Crippen LogP contribution in [0.2, 0.25) is 0 Å². The number of hydrogen-bond donors (Lipinski definition) is 0. The Morgan fingerprint density at radius 1 is 1.37 bits per heavy atom. The number of imidazole rings is 1. The molecule has 27 heavy (non-hydrogen) atoms. The molecule has 6 heteroatoms. The van der Waals surface area contributed by atoms with Gasteiger partial charge in [0.05, 0.1) is 12.5 Å². The fraction of sp³-hybridized carbons (Fsp3) is 0.524. The molecule has 0 radical (unpaired) electrons. The highest BCUT2D eigenvalue weighted by Crippen LogP contribution is 2.21. The molecular formula is C21H28FN3O2. The van der Waals surface area contributed by atoms with E-state index in [4.69, 9.17) is 4.74 Å². The molecule has 2 atom stereocenters. The number of carbonyl (C=O) groups is 1. The van der Waals surface area contributed by atoms with E-state index >= 15 is 0 Å². The van der Waals surface area contributed by atoms with Crippen LogP contribution in [0.5, 0.6) is 5.75 Å². The quantitative estimate of drug-likeness (QED) is 0.746. The van der Waals surface area contributed by atoms with Crippen LogP contribution in [-0.2, 0) is 17.8 Å². The van der Waals surface area contributed by atoms with Crippen LogP contribution in [0.1, 0.15) is 32.5 Å². The molecule has 0 saturated carbocycles. The molecule has 3 rings (SSSR count). The highest BCUT2D eigenvalue weighted by Gasteiger charge is 2.27. The van der Waals surface area contributed by atoms with Gasteiger partial charge in [0.2, 0.25) is 5.91 Å². The van der Waals surface area contributed by atoms with Crippen molar-refractivity contribution in [1.29, 1.82) is 0 Å². The lowest BCUT2D eigenvalue weighted by Crippen LogP contribution is -2.44. The van der Waals surface area contributed by atoms with Gasteiger partial charge in [0.1, 0.15) is 17.4 Å². The van der Waals surface area contributed by atoms with Gasteiger partial charge in [-0.05, 0) is 37.1 Å². The number of rotatable bonds is 7. The first kappa shape index (κ1) is 19.4. The molecule has 0 N–H and O–H groups in total. The van der Waals surface area contributed by atoms with Crippen LogP contribution in [0.3, 0.4) is 0 Å². The van der Waals surface area contributed by atoms with E-state index in [2.05, 4.69) is 16.5 Å². The molecule has 146 valence electrons. The first-order valence-electron chi connectivity index (χ1n) is 9.74. The van der Waals surface area contributed by atoms with Gasteiger partial charge in [-0.3, -0.25) is 4.79 Å². The number of aryl methyl sites for hydroxylation is 1. The largest absolute Gasteiger partial charge is 0.493 e. The molecule has 1 aliphatic rings. The molecule has 1 amide bonds. The third-order valence-corrected chi connectivity index (χ3v) is 5.14. The minimum absolute atomic E-state index is 0.0822. The van der Waals surface area contributed by atoms with Crippen LogP contribution in [-0.4, -0.2) is 40.1 Å². The van der Waals surface area contributed by atoms with E-state index in [1.165, 1.54) is 12.1 Å². The normalized spacial score (nSPS) is 18.3. The van der Waals surface area contributed by atoms with Gasteiger partial charge in [-0.25, -0.2) is 9.37 Å². The van der Waals surface area contributed by atoms with E-state index in [9.17, 15) is 9.18 Å². The zero-order valence-electron chi connectivity index (χ0n) is 16.1. The summed E-state index contributed by atoms with van der Waals surface area (Å²) in [4.78, 5) is 19.2. The Labute approximate surface area is 160 Å². The average molecular weight is 373 g/mol. The summed E-state index contributed by atoms with van der Waals surface area (Å²) >= 11 is 0. The third-order valence-electron chi connectivity index (χ3n) is 5.14. The SMILES string of the molecule is CCc1nccn1C[C@@H](C)C(=O)N1CCC[C@@H](COc2ccc(F)cc2)C1. The van der Waals surface area contributed by atoms with Crippen molar-refractivity contribution in [2.24, 2.45) is 11.8 Å². The number of aromatic nitrogens is 2. The molecule has 1 aliphatic heterocycles. The second-order valence-electron chi connectivity index (χ2n) is 7.31. The van der Waals surface area contributed by atoms with Crippen LogP contribution in [0.25, 0.3) is 0 Å². The van der Waals surface area contributed by atoms with Gasteiger partial charge in [-0.2, -0.15) is 0 Å². The number of halogens is 1. The van der Waals surface area contributed by atoms with Crippen molar-refractivity contribution in [3.05, 3.63) is 48.3 Å². The van der Waals surface area contributed by atoms with Crippen molar-refractivity contribution >= 4 is 5.91 Å². The topological polar surface area (TPSA) is 47.4 Å². The number of likely N-dealkylation sites (tertiary alicyclic amines) is 1. The molecule has 0 unspecified atom stereocenters. The number of piperidine rings is 1. The summed E-state index contributed by atoms with van der Waals surface area (Å²) in [5.41, 5.74) is 0. The van der Waals surface area contributed by atoms with Crippen molar-refractivity contribution in [3.8, 4) is 5.75 Å². The predicted molar refractivity (Wildman–Crippen MR) is 102 cm³/mol. The number of ether oxygens (including phenoxy) is 1. The smallest absolute Gasteiger partial charge is 0.227 e. The van der Waals surface area contributed by atoms with E-state index < -0.39 is 0 Å². The van der Waals surface area contributed by atoms with E-state index in [1.807, 2.05) is 18.0 Å². The van der Waals surface area contributed by atoms with Crippen LogP contribution >= 0.6 is 0 Å². The Hall–Kier alpha value is -2.37. The number of benzene rings is 1. The Kier molecular flexibility index (Phi) is 6.48. The van der Waals surface area contributed by atoms with Gasteiger partial charge in [-0.1, -0.05) is 13.8 Å². The standard InChI is InChI=1S/C21H28FN3O2/c1-3-20-23-10-12-24(20)13-16(2)21(26)25-11-4-5-17(14-25)15-27-19-8-6-18(22)7-9-19/h6-10,12,16-17H,3-5,11,13-15H2,1-2H3/t16-,17-/m1/s1. The van der Waals surface area contributed by atoms with Crippen LogP contribution in [0.15, 0.2) is 36.7 Å². The Morgan fingerprint density at radius 2 is 2.15 bits per heavy atom. The van der Waals surface area contributed by atoms with E-state index in [-0.39, 0.29) is 17.6 Å². The molecule has 1 saturated heterocycles. The van der Waals surface area contributed by atoms with Gasteiger partial charge in [0, 0.05) is 44.4 Å². The Balaban J connectivity index is 1.51. The maximum Gasteiger partial charge on any atom is 0.227 e. The van der Waals surface area contributed by atoms with Crippen molar-refractivity contribution in [1.82, 2.24) is 14.5 Å². The van der Waals surface area contributed by atoms with Crippen molar-refractivity contribution < 1.29 is 13.9 Å². The number of nitrogens with zero attached hydrogens (tertiary/aromatic N) is 3. The summed E-state index contributed by atoms with van der Waals surface area (Å²) in [6, 6.07) is 6.07. The lowest BCUT2D eigenvalue weighted by atomic mass is 9.97. The van der Waals surface area contributed by atoms with Gasteiger partial charge in [0.25, 0.3) is 0 Å². The minimum Gasteiger partial charge on any atom is -0.493 e. The summed E-state index contributed by atoms with van der Waals surface area (Å²) in [6.07, 6.45) is 6.63. The van der Waals surface area contributed by atoms with Gasteiger partial charge >= 0.3 is 0 Å². The van der Waals surface area contributed by atoms with E-state index in [0.717, 1.165) is 38.2 Å². The van der Waals surface area contributed by atoms with Crippen molar-refractivity contribution in [2.45, 2.75) is 39.7 Å². The first-order chi connectivity index (χ1) is 13.1. The summed E-state index contributed by atoms with van der Waals surface area (Å²) in [6.45, 7) is 6.79. The molecule has 1 aromatic carbocycles. The second-order valence-corrected chi connectivity index (χ2v) is 7.31. The van der Waals surface area contributed by atoms with Gasteiger partial charge in [-0.15, -0.1) is 0 Å². The predicted octanol–water partition coefficient (Wildman–Crippen LogP) is 3.54. The summed E-state index contributed by atoms with van der Waals surface area (Å²) in [7, 11) is 0. The molecule has 2 aromatic rings. The lowest BCUT2D eigenvalue weighted by Gasteiger charge is -2.34. The van der Waals surface area contributed by atoms with Crippen molar-refractivity contribution in [3.63, 3.8) is 0 Å². The molecule has 1 aromatic heterocycles. The molecule has 0 spiro atoms. The third kappa shape index (κ3) is 5.08. The lowest BCUT2D eigenvalue weighted by molar-refractivity contribution is -0.137. The van der Waals surface area contributed by atoms with Crippen LogP contribution in [0, 0.1) is 17.7 Å². The van der Waals surface area contributed by atoms with Crippen LogP contribution < -0.4 is 4.74 Å². The Bertz CT molecular complexity index is 744. The summed E-state index contributed by atoms with van der Waals surface area (Å²) < 4.78 is 20.8. The maximum atomic E-state index is 13.0. The fourth-order valence-corrected chi connectivity index (χ4v) is 3.65.